The van der Waals surface area contributed by atoms with Gasteiger partial charge in [-0.1, -0.05) is 6.07 Å². The van der Waals surface area contributed by atoms with Crippen molar-refractivity contribution in [2.24, 2.45) is 5.92 Å². The van der Waals surface area contributed by atoms with Gasteiger partial charge in [0.2, 0.25) is 5.91 Å². The number of rotatable bonds is 10. The molecule has 0 spiro atoms. The van der Waals surface area contributed by atoms with E-state index in [1.54, 1.807) is 31.2 Å². The van der Waals surface area contributed by atoms with Crippen LogP contribution in [0, 0.1) is 12.8 Å². The van der Waals surface area contributed by atoms with E-state index in [2.05, 4.69) is 31.1 Å². The maximum atomic E-state index is 13.1. The van der Waals surface area contributed by atoms with E-state index in [0.29, 0.717) is 44.8 Å². The number of benzene rings is 1. The highest BCUT2D eigenvalue weighted by Gasteiger charge is 2.30. The molecule has 4 rings (SSSR count). The molecule has 3 N–H and O–H groups in total. The SMILES string of the molecule is BC(B)(B)NC(=O)c1nnc(NC(=O)C2CC2)cc1Nc1cccc(-c2nc(C)c(C(=O)N(C)CC)s2)c1OC. The summed E-state index contributed by atoms with van der Waals surface area (Å²) in [5.74, 6) is 0.0632. The second-order valence-electron chi connectivity index (χ2n) is 10.7. The molecule has 206 valence electrons. The molecule has 1 aliphatic carbocycles. The molecule has 1 aliphatic rings. The van der Waals surface area contributed by atoms with Gasteiger partial charge in [-0.15, -0.1) is 21.5 Å². The van der Waals surface area contributed by atoms with Crippen molar-refractivity contribution in [3.63, 3.8) is 0 Å². The normalized spacial score (nSPS) is 12.9. The van der Waals surface area contributed by atoms with Crippen molar-refractivity contribution in [1.29, 1.82) is 0 Å². The summed E-state index contributed by atoms with van der Waals surface area (Å²) in [5.41, 5.74) is 2.27. The number of anilines is 3. The van der Waals surface area contributed by atoms with Gasteiger partial charge >= 0.3 is 0 Å². The van der Waals surface area contributed by atoms with Crippen LogP contribution in [0.3, 0.4) is 0 Å². The molecule has 2 aromatic heterocycles. The molecule has 3 amide bonds. The number of methoxy groups -OCH3 is 1. The fourth-order valence-electron chi connectivity index (χ4n) is 3.89. The van der Waals surface area contributed by atoms with E-state index >= 15 is 0 Å². The highest BCUT2D eigenvalue weighted by atomic mass is 32.1. The predicted molar refractivity (Wildman–Crippen MR) is 164 cm³/mol. The van der Waals surface area contributed by atoms with Crippen LogP contribution in [-0.2, 0) is 4.79 Å². The maximum Gasteiger partial charge on any atom is 0.272 e. The number of amides is 3. The van der Waals surface area contributed by atoms with Crippen molar-refractivity contribution >= 4 is 69.8 Å². The number of nitrogens with zero attached hydrogens (tertiary/aromatic N) is 4. The van der Waals surface area contributed by atoms with Gasteiger partial charge in [0.05, 0.1) is 29.7 Å². The predicted octanol–water partition coefficient (Wildman–Crippen LogP) is 0.342. The number of aryl methyl sites for hydroxylation is 1. The molecule has 0 saturated heterocycles. The molecule has 0 unspecified atom stereocenters. The zero-order valence-electron chi connectivity index (χ0n) is 23.8. The summed E-state index contributed by atoms with van der Waals surface area (Å²) in [4.78, 5) is 45.2. The Balaban J connectivity index is 1.73. The Morgan fingerprint density at radius 3 is 2.52 bits per heavy atom. The van der Waals surface area contributed by atoms with Gasteiger partial charge in [-0.05, 0) is 44.1 Å². The topological polar surface area (TPSA) is 138 Å². The molecular formula is C25H32B3N7O4S. The number of para-hydroxylation sites is 1. The van der Waals surface area contributed by atoms with E-state index in [9.17, 15) is 14.4 Å². The Kier molecular flexibility index (Phi) is 8.52. The minimum Gasteiger partial charge on any atom is -0.494 e. The summed E-state index contributed by atoms with van der Waals surface area (Å²) in [7, 11) is 8.91. The van der Waals surface area contributed by atoms with Crippen molar-refractivity contribution in [3.05, 3.63) is 40.5 Å². The third-order valence-electron chi connectivity index (χ3n) is 6.23. The highest BCUT2D eigenvalue weighted by molar-refractivity contribution is 7.17. The van der Waals surface area contributed by atoms with Gasteiger partial charge in [0, 0.05) is 25.6 Å². The largest absolute Gasteiger partial charge is 0.494 e. The second kappa shape index (κ2) is 11.7. The molecule has 15 heteroatoms. The van der Waals surface area contributed by atoms with Crippen molar-refractivity contribution in [1.82, 2.24) is 25.4 Å². The molecule has 40 heavy (non-hydrogen) atoms. The van der Waals surface area contributed by atoms with Crippen molar-refractivity contribution < 1.29 is 19.1 Å². The molecule has 1 aromatic carbocycles. The number of hydrogen-bond donors (Lipinski definition) is 3. The highest BCUT2D eigenvalue weighted by Crippen LogP contribution is 2.41. The van der Waals surface area contributed by atoms with Crippen molar-refractivity contribution in [2.75, 3.05) is 31.3 Å². The first kappa shape index (κ1) is 29.1. The minimum atomic E-state index is -0.504. The number of ether oxygens (including phenoxy) is 1. The first-order valence-corrected chi connectivity index (χ1v) is 13.9. The van der Waals surface area contributed by atoms with E-state index in [-0.39, 0.29) is 29.2 Å². The Morgan fingerprint density at radius 2 is 1.90 bits per heavy atom. The number of hydrogen-bond acceptors (Lipinski definition) is 9. The smallest absolute Gasteiger partial charge is 0.272 e. The lowest BCUT2D eigenvalue weighted by Gasteiger charge is -2.22. The molecule has 2 heterocycles. The van der Waals surface area contributed by atoms with Crippen LogP contribution < -0.4 is 20.7 Å². The first-order chi connectivity index (χ1) is 18.9. The second-order valence-corrected chi connectivity index (χ2v) is 11.7. The van der Waals surface area contributed by atoms with Gasteiger partial charge in [0.1, 0.15) is 33.4 Å². The summed E-state index contributed by atoms with van der Waals surface area (Å²) in [6.45, 7) is 4.31. The maximum absolute atomic E-state index is 13.1. The van der Waals surface area contributed by atoms with Crippen LogP contribution in [0.4, 0.5) is 17.2 Å². The summed E-state index contributed by atoms with van der Waals surface area (Å²) >= 11 is 1.30. The third-order valence-corrected chi connectivity index (χ3v) is 7.41. The van der Waals surface area contributed by atoms with Gasteiger partial charge < -0.3 is 25.6 Å². The third kappa shape index (κ3) is 6.64. The summed E-state index contributed by atoms with van der Waals surface area (Å²) in [6, 6.07) is 7.07. The quantitative estimate of drug-likeness (QED) is 0.303. The lowest BCUT2D eigenvalue weighted by Crippen LogP contribution is -2.50. The number of carbonyl (C=O) groups excluding carboxylic acids is 3. The Morgan fingerprint density at radius 1 is 1.18 bits per heavy atom. The molecule has 11 nitrogen and oxygen atoms in total. The van der Waals surface area contributed by atoms with Gasteiger partial charge in [-0.2, -0.15) is 0 Å². The lowest BCUT2D eigenvalue weighted by molar-refractivity contribution is -0.117. The molecule has 3 aromatic rings. The van der Waals surface area contributed by atoms with Crippen molar-refractivity contribution in [2.45, 2.75) is 31.9 Å². The van der Waals surface area contributed by atoms with Crippen LogP contribution in [0.1, 0.15) is 45.6 Å². The standard InChI is InChI=1S/C25H32B3N7O4S/c1-5-35(3)24(38)20-12(2)29-23(40-20)14-7-6-8-15(19(14)39-4)30-16-11-17(31-21(36)13-9-10-13)33-34-18(16)22(37)32-25(26,27)28/h6-8,11,13H,5,9-10,26-28H2,1-4H3,(H,32,37)(H2,30,31,33,36). The van der Waals surface area contributed by atoms with Crippen LogP contribution in [0.15, 0.2) is 24.3 Å². The summed E-state index contributed by atoms with van der Waals surface area (Å²) in [5, 5.41) is 17.3. The molecular weight excluding hydrogens is 527 g/mol. The molecule has 0 atom stereocenters. The zero-order chi connectivity index (χ0) is 29.2. The van der Waals surface area contributed by atoms with Crippen LogP contribution in [0.25, 0.3) is 10.6 Å². The molecule has 0 bridgehead atoms. The fourth-order valence-corrected chi connectivity index (χ4v) is 4.97. The summed E-state index contributed by atoms with van der Waals surface area (Å²) < 4.78 is 5.80. The van der Waals surface area contributed by atoms with Gasteiger partial charge in [-0.25, -0.2) is 4.98 Å². The lowest BCUT2D eigenvalue weighted by atomic mass is 9.49. The van der Waals surface area contributed by atoms with E-state index in [1.165, 1.54) is 11.3 Å². The Bertz CT molecular complexity index is 1460. The zero-order valence-corrected chi connectivity index (χ0v) is 24.7. The first-order valence-electron chi connectivity index (χ1n) is 13.1. The van der Waals surface area contributed by atoms with E-state index < -0.39 is 11.1 Å². The van der Waals surface area contributed by atoms with Gasteiger partial charge in [0.25, 0.3) is 11.8 Å². The minimum absolute atomic E-state index is 0.0190. The van der Waals surface area contributed by atoms with Crippen LogP contribution in [0.2, 0.25) is 0 Å². The van der Waals surface area contributed by atoms with E-state index in [4.69, 9.17) is 4.74 Å². The van der Waals surface area contributed by atoms with Crippen molar-refractivity contribution in [3.8, 4) is 16.3 Å². The molecule has 0 radical (unpaired) electrons. The fraction of sp³-hybridized carbons (Fsp3) is 0.360. The molecule has 1 fully saturated rings. The molecule has 1 saturated carbocycles. The number of nitrogens with one attached hydrogen (secondary N) is 3. The Labute approximate surface area is 240 Å². The van der Waals surface area contributed by atoms with Crippen LogP contribution >= 0.6 is 11.3 Å². The number of carbonyl (C=O) groups is 3. The average molecular weight is 559 g/mol. The monoisotopic (exact) mass is 559 g/mol. The van der Waals surface area contributed by atoms with Gasteiger partial charge in [0.15, 0.2) is 17.3 Å². The number of aromatic nitrogens is 3. The van der Waals surface area contributed by atoms with Crippen LogP contribution in [-0.4, -0.2) is 87.3 Å². The van der Waals surface area contributed by atoms with Gasteiger partial charge in [-0.3, -0.25) is 14.4 Å². The van der Waals surface area contributed by atoms with E-state index in [0.717, 1.165) is 12.8 Å². The van der Waals surface area contributed by atoms with E-state index in [1.807, 2.05) is 49.5 Å². The number of thiazole rings is 1. The summed E-state index contributed by atoms with van der Waals surface area (Å²) in [6.07, 6.45) is 1.69. The molecule has 0 aliphatic heterocycles. The average Bonchev–Trinajstić information content (AvgIpc) is 3.68. The van der Waals surface area contributed by atoms with Crippen LogP contribution in [0.5, 0.6) is 5.75 Å². The Hall–Kier alpha value is -3.87.